The van der Waals surface area contributed by atoms with Crippen LogP contribution in [0.5, 0.6) is 0 Å². The highest BCUT2D eigenvalue weighted by atomic mass is 16.2. The fourth-order valence-corrected chi connectivity index (χ4v) is 2.15. The quantitative estimate of drug-likeness (QED) is 0.775. The fourth-order valence-electron chi connectivity index (χ4n) is 2.15. The Morgan fingerprint density at radius 2 is 1.58 bits per heavy atom. The zero-order valence-corrected chi connectivity index (χ0v) is 12.9. The molecule has 7 nitrogen and oxygen atoms in total. The molecule has 0 bridgehead atoms. The molecule has 1 aromatic heterocycles. The number of benzene rings is 2. The second kappa shape index (κ2) is 6.74. The van der Waals surface area contributed by atoms with E-state index in [2.05, 4.69) is 20.9 Å². The van der Waals surface area contributed by atoms with Gasteiger partial charge in [-0.25, -0.2) is 10.2 Å². The molecule has 3 aromatic rings. The first-order valence-corrected chi connectivity index (χ1v) is 7.30. The van der Waals surface area contributed by atoms with Crippen molar-refractivity contribution in [3.63, 3.8) is 0 Å². The van der Waals surface area contributed by atoms with Gasteiger partial charge >= 0.3 is 6.03 Å². The van der Waals surface area contributed by atoms with Crippen LogP contribution in [0.3, 0.4) is 0 Å². The minimum Gasteiger partial charge on any atom is -0.307 e. The highest BCUT2D eigenvalue weighted by Gasteiger charge is 2.13. The summed E-state index contributed by atoms with van der Waals surface area (Å²) < 4.78 is 1.08. The number of amides is 2. The summed E-state index contributed by atoms with van der Waals surface area (Å²) in [6.45, 7) is 1.59. The van der Waals surface area contributed by atoms with Crippen molar-refractivity contribution in [3.8, 4) is 11.3 Å². The van der Waals surface area contributed by atoms with Gasteiger partial charge < -0.3 is 5.32 Å². The van der Waals surface area contributed by atoms with E-state index in [4.69, 9.17) is 0 Å². The Morgan fingerprint density at radius 1 is 0.958 bits per heavy atom. The van der Waals surface area contributed by atoms with Gasteiger partial charge in [-0.2, -0.15) is 4.68 Å². The van der Waals surface area contributed by atoms with Gasteiger partial charge in [-0.05, 0) is 19.1 Å². The summed E-state index contributed by atoms with van der Waals surface area (Å²) in [5.74, 6) is 0.280. The zero-order valence-electron chi connectivity index (χ0n) is 12.9. The molecule has 0 saturated heterocycles. The molecular weight excluding hydrogens is 306 g/mol. The molecular formula is C17H15N5O2. The highest BCUT2D eigenvalue weighted by Crippen LogP contribution is 2.11. The average Bonchev–Trinajstić information content (AvgIpc) is 2.60. The molecule has 0 unspecified atom stereocenters. The molecule has 24 heavy (non-hydrogen) atoms. The van der Waals surface area contributed by atoms with Gasteiger partial charge in [0.15, 0.2) is 11.5 Å². The number of rotatable bonds is 3. The van der Waals surface area contributed by atoms with E-state index >= 15 is 0 Å². The lowest BCUT2D eigenvalue weighted by Crippen LogP contribution is -2.38. The molecule has 0 aliphatic heterocycles. The topological polar surface area (TPSA) is 88.9 Å². The van der Waals surface area contributed by atoms with Crippen molar-refractivity contribution in [2.24, 2.45) is 0 Å². The maximum atomic E-state index is 12.6. The first-order valence-electron chi connectivity index (χ1n) is 7.30. The van der Waals surface area contributed by atoms with Crippen molar-refractivity contribution in [2.45, 2.75) is 6.92 Å². The molecule has 3 rings (SSSR count). The molecule has 120 valence electrons. The number of urea groups is 1. The number of anilines is 1. The number of hydrogen-bond acceptors (Lipinski definition) is 4. The van der Waals surface area contributed by atoms with Crippen molar-refractivity contribution >= 4 is 11.7 Å². The Labute approximate surface area is 138 Å². The maximum Gasteiger partial charge on any atom is 0.338 e. The molecule has 0 radical (unpaired) electrons. The fraction of sp³-hybridized carbons (Fsp3) is 0.0588. The highest BCUT2D eigenvalue weighted by molar-refractivity contribution is 5.95. The van der Waals surface area contributed by atoms with E-state index in [0.29, 0.717) is 11.3 Å². The molecule has 2 aromatic carbocycles. The van der Waals surface area contributed by atoms with Gasteiger partial charge in [-0.15, -0.1) is 10.2 Å². The summed E-state index contributed by atoms with van der Waals surface area (Å²) in [6.07, 6.45) is 0. The second-order valence-corrected chi connectivity index (χ2v) is 5.03. The predicted octanol–water partition coefficient (Wildman–Crippen LogP) is 2.39. The number of nitrogens with zero attached hydrogens (tertiary/aromatic N) is 3. The third-order valence-electron chi connectivity index (χ3n) is 3.32. The smallest absolute Gasteiger partial charge is 0.307 e. The van der Waals surface area contributed by atoms with Crippen LogP contribution in [0, 0.1) is 6.92 Å². The molecule has 2 amide bonds. The number of carbonyl (C=O) groups is 1. The average molecular weight is 321 g/mol. The lowest BCUT2D eigenvalue weighted by atomic mass is 10.2. The van der Waals surface area contributed by atoms with E-state index in [1.807, 2.05) is 12.1 Å². The summed E-state index contributed by atoms with van der Waals surface area (Å²) in [5.41, 5.74) is 3.46. The van der Waals surface area contributed by atoms with E-state index in [0.717, 1.165) is 4.68 Å². The maximum absolute atomic E-state index is 12.6. The molecule has 7 heteroatoms. The minimum absolute atomic E-state index is 0.168. The zero-order chi connectivity index (χ0) is 16.9. The Morgan fingerprint density at radius 3 is 2.25 bits per heavy atom. The second-order valence-electron chi connectivity index (χ2n) is 5.03. The number of nitrogens with one attached hydrogen (secondary N) is 2. The van der Waals surface area contributed by atoms with Gasteiger partial charge in [0.1, 0.15) is 0 Å². The van der Waals surface area contributed by atoms with Crippen molar-refractivity contribution < 1.29 is 4.79 Å². The van der Waals surface area contributed by atoms with E-state index in [1.54, 1.807) is 55.5 Å². The number of hydrogen-bond donors (Lipinski definition) is 2. The van der Waals surface area contributed by atoms with Crippen LogP contribution in [-0.4, -0.2) is 20.9 Å². The molecule has 0 aliphatic rings. The predicted molar refractivity (Wildman–Crippen MR) is 91.3 cm³/mol. The third-order valence-corrected chi connectivity index (χ3v) is 3.32. The van der Waals surface area contributed by atoms with Crippen molar-refractivity contribution in [1.29, 1.82) is 0 Å². The first-order chi connectivity index (χ1) is 11.6. The standard InChI is InChI=1S/C17H15N5O2/c1-12-19-20-15(13-8-4-2-5-9-13)16(23)22(12)21-17(24)18-14-10-6-3-7-11-14/h2-11H,1H3,(H2,18,21,24). The van der Waals surface area contributed by atoms with E-state index in [1.165, 1.54) is 0 Å². The normalized spacial score (nSPS) is 10.2. The molecule has 0 saturated carbocycles. The Balaban J connectivity index is 1.88. The monoisotopic (exact) mass is 321 g/mol. The lowest BCUT2D eigenvalue weighted by Gasteiger charge is -2.12. The first kappa shape index (κ1) is 15.4. The van der Waals surface area contributed by atoms with Crippen LogP contribution in [0.4, 0.5) is 10.5 Å². The van der Waals surface area contributed by atoms with Crippen LogP contribution in [0.2, 0.25) is 0 Å². The molecule has 1 heterocycles. The Hall–Kier alpha value is -3.48. The molecule has 0 atom stereocenters. The summed E-state index contributed by atoms with van der Waals surface area (Å²) in [7, 11) is 0. The SMILES string of the molecule is Cc1nnc(-c2ccccc2)c(=O)n1NC(=O)Nc1ccccc1. The van der Waals surface area contributed by atoms with Gasteiger partial charge in [0.05, 0.1) is 0 Å². The van der Waals surface area contributed by atoms with Crippen LogP contribution in [-0.2, 0) is 0 Å². The Kier molecular flexibility index (Phi) is 4.33. The van der Waals surface area contributed by atoms with Gasteiger partial charge in [0.2, 0.25) is 0 Å². The van der Waals surface area contributed by atoms with Crippen LogP contribution in [0.25, 0.3) is 11.3 Å². The van der Waals surface area contributed by atoms with Crippen molar-refractivity contribution in [1.82, 2.24) is 14.9 Å². The summed E-state index contributed by atoms with van der Waals surface area (Å²) >= 11 is 0. The van der Waals surface area contributed by atoms with Gasteiger partial charge in [0, 0.05) is 11.3 Å². The summed E-state index contributed by atoms with van der Waals surface area (Å²) in [4.78, 5) is 24.7. The van der Waals surface area contributed by atoms with Crippen molar-refractivity contribution in [2.75, 3.05) is 10.7 Å². The largest absolute Gasteiger partial charge is 0.338 e. The van der Waals surface area contributed by atoms with Gasteiger partial charge in [-0.3, -0.25) is 4.79 Å². The molecule has 2 N–H and O–H groups in total. The number of aromatic nitrogens is 3. The third kappa shape index (κ3) is 3.30. The molecule has 0 fully saturated rings. The van der Waals surface area contributed by atoms with Gasteiger partial charge in [0.25, 0.3) is 5.56 Å². The van der Waals surface area contributed by atoms with Gasteiger partial charge in [-0.1, -0.05) is 48.5 Å². The van der Waals surface area contributed by atoms with Crippen molar-refractivity contribution in [3.05, 3.63) is 76.8 Å². The minimum atomic E-state index is -0.543. The van der Waals surface area contributed by atoms with E-state index in [-0.39, 0.29) is 11.5 Å². The summed E-state index contributed by atoms with van der Waals surface area (Å²) in [5, 5.41) is 10.5. The molecule has 0 aliphatic carbocycles. The van der Waals surface area contributed by atoms with Crippen LogP contribution < -0.4 is 16.3 Å². The van der Waals surface area contributed by atoms with Crippen LogP contribution in [0.15, 0.2) is 65.5 Å². The summed E-state index contributed by atoms with van der Waals surface area (Å²) in [6, 6.07) is 17.4. The number of carbonyl (C=O) groups excluding carboxylic acids is 1. The Bertz CT molecular complexity index is 907. The number of aryl methyl sites for hydroxylation is 1. The lowest BCUT2D eigenvalue weighted by molar-refractivity contribution is 0.259. The van der Waals surface area contributed by atoms with Crippen LogP contribution in [0.1, 0.15) is 5.82 Å². The van der Waals surface area contributed by atoms with E-state index < -0.39 is 11.6 Å². The van der Waals surface area contributed by atoms with Crippen LogP contribution >= 0.6 is 0 Å². The molecule has 0 spiro atoms. The number of para-hydroxylation sites is 1. The van der Waals surface area contributed by atoms with E-state index in [9.17, 15) is 9.59 Å².